The fourth-order valence-electron chi connectivity index (χ4n) is 6.93. The number of Topliss-reactive ketones (excluding diaryl/α,β-unsaturated/α-hetero) is 2. The van der Waals surface area contributed by atoms with Crippen LogP contribution in [0.4, 0.5) is 0 Å². The van der Waals surface area contributed by atoms with Gasteiger partial charge in [0.15, 0.2) is 0 Å². The average Bonchev–Trinajstić information content (AvgIpc) is 2.82. The molecule has 4 saturated carbocycles. The van der Waals surface area contributed by atoms with Crippen molar-refractivity contribution in [3.8, 4) is 0 Å². The van der Waals surface area contributed by atoms with Gasteiger partial charge in [0.05, 0.1) is 0 Å². The molecule has 0 saturated heterocycles. The van der Waals surface area contributed by atoms with Crippen LogP contribution >= 0.6 is 0 Å². The molecule has 4 rings (SSSR count). The molecule has 0 N–H and O–H groups in total. The van der Waals surface area contributed by atoms with Crippen LogP contribution in [-0.4, -0.2) is 11.6 Å². The largest absolute Gasteiger partial charge is 0.300 e. The van der Waals surface area contributed by atoms with E-state index in [1.54, 1.807) is 0 Å². The van der Waals surface area contributed by atoms with Crippen molar-refractivity contribution in [2.45, 2.75) is 64.7 Å². The molecule has 120 valence electrons. The highest BCUT2D eigenvalue weighted by Crippen LogP contribution is 2.65. The summed E-state index contributed by atoms with van der Waals surface area (Å²) in [6, 6.07) is 0. The van der Waals surface area contributed by atoms with E-state index >= 15 is 0 Å². The van der Waals surface area contributed by atoms with Gasteiger partial charge in [-0.05, 0) is 67.6 Å². The van der Waals surface area contributed by atoms with Crippen molar-refractivity contribution < 1.29 is 9.59 Å². The Bertz CT molecular complexity index is 536. The number of carbonyl (C=O) groups is 2. The second-order valence-electron chi connectivity index (χ2n) is 8.63. The van der Waals surface area contributed by atoms with E-state index in [9.17, 15) is 9.59 Å². The van der Waals surface area contributed by atoms with E-state index in [-0.39, 0.29) is 10.8 Å². The summed E-state index contributed by atoms with van der Waals surface area (Å²) in [4.78, 5) is 24.3. The van der Waals surface area contributed by atoms with Gasteiger partial charge in [-0.3, -0.25) is 9.59 Å². The van der Waals surface area contributed by atoms with Gasteiger partial charge in [-0.2, -0.15) is 0 Å². The van der Waals surface area contributed by atoms with Crippen LogP contribution in [0.15, 0.2) is 12.7 Å². The van der Waals surface area contributed by atoms with Crippen molar-refractivity contribution in [2.75, 3.05) is 0 Å². The zero-order valence-electron chi connectivity index (χ0n) is 13.8. The summed E-state index contributed by atoms with van der Waals surface area (Å²) >= 11 is 0. The molecule has 0 aromatic rings. The standard InChI is InChI=1S/C20H28O2/c1-3-20-11-8-14(21)12-13(20)4-5-15-16-6-7-18(22)19(16,2)10-9-17(15)20/h3,13,15-17H,1,4-12H2,2H3/t13-,15?,16+,17+,19+,20?/m1/s1. The average molecular weight is 300 g/mol. The normalized spacial score (nSPS) is 51.0. The van der Waals surface area contributed by atoms with Crippen molar-refractivity contribution in [1.82, 2.24) is 0 Å². The molecule has 0 aromatic heterocycles. The maximum Gasteiger partial charge on any atom is 0.139 e. The van der Waals surface area contributed by atoms with Crippen LogP contribution in [0.5, 0.6) is 0 Å². The van der Waals surface area contributed by atoms with Crippen molar-refractivity contribution in [3.05, 3.63) is 12.7 Å². The summed E-state index contributed by atoms with van der Waals surface area (Å²) in [6.45, 7) is 6.45. The van der Waals surface area contributed by atoms with E-state index in [0.717, 1.165) is 38.5 Å². The lowest BCUT2D eigenvalue weighted by atomic mass is 9.45. The maximum absolute atomic E-state index is 12.4. The second-order valence-corrected chi connectivity index (χ2v) is 8.63. The summed E-state index contributed by atoms with van der Waals surface area (Å²) in [5.41, 5.74) is 0.143. The number of ketones is 2. The number of carbonyl (C=O) groups excluding carboxylic acids is 2. The van der Waals surface area contributed by atoms with Crippen LogP contribution in [0.1, 0.15) is 64.7 Å². The molecule has 0 bridgehead atoms. The van der Waals surface area contributed by atoms with Gasteiger partial charge in [-0.15, -0.1) is 6.58 Å². The number of allylic oxidation sites excluding steroid dienone is 1. The minimum atomic E-state index is -0.0408. The third-order valence-electron chi connectivity index (χ3n) is 8.14. The SMILES string of the molecule is C=CC12CCC(=O)C[C@H]1CCC1[C@@H]2CC[C@]2(C)C(=O)CC[C@@H]12. The molecule has 0 radical (unpaired) electrons. The van der Waals surface area contributed by atoms with E-state index in [2.05, 4.69) is 19.6 Å². The molecule has 2 nitrogen and oxygen atoms in total. The van der Waals surface area contributed by atoms with Gasteiger partial charge in [-0.25, -0.2) is 0 Å². The van der Waals surface area contributed by atoms with E-state index in [1.165, 1.54) is 19.3 Å². The first-order valence-corrected chi connectivity index (χ1v) is 9.20. The molecule has 2 heteroatoms. The molecule has 0 heterocycles. The van der Waals surface area contributed by atoms with Gasteiger partial charge in [-0.1, -0.05) is 13.0 Å². The van der Waals surface area contributed by atoms with E-state index in [0.29, 0.717) is 35.2 Å². The Balaban J connectivity index is 1.69. The van der Waals surface area contributed by atoms with Gasteiger partial charge in [0, 0.05) is 24.7 Å². The van der Waals surface area contributed by atoms with Crippen LogP contribution in [0.25, 0.3) is 0 Å². The van der Waals surface area contributed by atoms with Crippen molar-refractivity contribution >= 4 is 11.6 Å². The van der Waals surface area contributed by atoms with Gasteiger partial charge in [0.1, 0.15) is 11.6 Å². The van der Waals surface area contributed by atoms with Gasteiger partial charge in [0.25, 0.3) is 0 Å². The van der Waals surface area contributed by atoms with Crippen LogP contribution < -0.4 is 0 Å². The molecular formula is C20H28O2. The topological polar surface area (TPSA) is 34.1 Å². The molecule has 0 aromatic carbocycles. The third kappa shape index (κ3) is 1.73. The Labute approximate surface area is 133 Å². The Kier molecular flexibility index (Phi) is 3.19. The number of rotatable bonds is 1. The lowest BCUT2D eigenvalue weighted by Gasteiger charge is -2.59. The number of hydrogen-bond donors (Lipinski definition) is 0. The van der Waals surface area contributed by atoms with Crippen molar-refractivity contribution in [2.24, 2.45) is 34.5 Å². The van der Waals surface area contributed by atoms with Crippen LogP contribution in [-0.2, 0) is 9.59 Å². The molecular weight excluding hydrogens is 272 g/mol. The Morgan fingerprint density at radius 1 is 1.05 bits per heavy atom. The molecule has 4 fully saturated rings. The van der Waals surface area contributed by atoms with Crippen LogP contribution in [0.3, 0.4) is 0 Å². The Morgan fingerprint density at radius 2 is 1.86 bits per heavy atom. The first-order valence-electron chi connectivity index (χ1n) is 9.20. The van der Waals surface area contributed by atoms with E-state index in [1.807, 2.05) is 0 Å². The molecule has 2 unspecified atom stereocenters. The smallest absolute Gasteiger partial charge is 0.139 e. The van der Waals surface area contributed by atoms with Gasteiger partial charge >= 0.3 is 0 Å². The zero-order chi connectivity index (χ0) is 15.5. The van der Waals surface area contributed by atoms with Gasteiger partial charge < -0.3 is 0 Å². The fourth-order valence-corrected chi connectivity index (χ4v) is 6.93. The van der Waals surface area contributed by atoms with Crippen molar-refractivity contribution in [1.29, 1.82) is 0 Å². The predicted octanol–water partition coefficient (Wildman–Crippen LogP) is 4.33. The molecule has 0 spiro atoms. The van der Waals surface area contributed by atoms with E-state index < -0.39 is 0 Å². The Hall–Kier alpha value is -0.920. The highest BCUT2D eigenvalue weighted by Gasteiger charge is 2.60. The van der Waals surface area contributed by atoms with Gasteiger partial charge in [0.2, 0.25) is 0 Å². The quantitative estimate of drug-likeness (QED) is 0.675. The van der Waals surface area contributed by atoms with Crippen LogP contribution in [0, 0.1) is 34.5 Å². The van der Waals surface area contributed by atoms with Crippen LogP contribution in [0.2, 0.25) is 0 Å². The highest BCUT2D eigenvalue weighted by molar-refractivity contribution is 5.87. The summed E-state index contributed by atoms with van der Waals surface area (Å²) in [6.07, 6.45) is 11.3. The van der Waals surface area contributed by atoms with Crippen molar-refractivity contribution in [3.63, 3.8) is 0 Å². The number of hydrogen-bond acceptors (Lipinski definition) is 2. The predicted molar refractivity (Wildman–Crippen MR) is 86.3 cm³/mol. The number of fused-ring (bicyclic) bond motifs is 5. The zero-order valence-corrected chi connectivity index (χ0v) is 13.8. The molecule has 4 aliphatic carbocycles. The fraction of sp³-hybridized carbons (Fsp3) is 0.800. The summed E-state index contributed by atoms with van der Waals surface area (Å²) in [7, 11) is 0. The summed E-state index contributed by atoms with van der Waals surface area (Å²) in [5, 5.41) is 0. The third-order valence-corrected chi connectivity index (χ3v) is 8.14. The summed E-state index contributed by atoms with van der Waals surface area (Å²) in [5.74, 6) is 3.44. The minimum Gasteiger partial charge on any atom is -0.300 e. The summed E-state index contributed by atoms with van der Waals surface area (Å²) < 4.78 is 0. The molecule has 0 aliphatic heterocycles. The molecule has 4 aliphatic rings. The van der Waals surface area contributed by atoms with E-state index in [4.69, 9.17) is 0 Å². The molecule has 6 atom stereocenters. The highest BCUT2D eigenvalue weighted by atomic mass is 16.1. The first kappa shape index (κ1) is 14.7. The Morgan fingerprint density at radius 3 is 2.64 bits per heavy atom. The lowest BCUT2D eigenvalue weighted by Crippen LogP contribution is -2.54. The second kappa shape index (κ2) is 4.79. The monoisotopic (exact) mass is 300 g/mol. The first-order chi connectivity index (χ1) is 10.5. The molecule has 0 amide bonds. The minimum absolute atomic E-state index is 0.0408. The maximum atomic E-state index is 12.4. The molecule has 22 heavy (non-hydrogen) atoms. The lowest BCUT2D eigenvalue weighted by molar-refractivity contribution is -0.140.